The summed E-state index contributed by atoms with van der Waals surface area (Å²) in [6.07, 6.45) is 0. The Morgan fingerprint density at radius 3 is 2.57 bits per heavy atom. The lowest BCUT2D eigenvalue weighted by Crippen LogP contribution is -2.21. The molecule has 21 heavy (non-hydrogen) atoms. The van der Waals surface area contributed by atoms with Gasteiger partial charge in [-0.05, 0) is 46.6 Å². The average molecular weight is 297 g/mol. The minimum atomic E-state index is 0.219. The maximum atomic E-state index is 5.25. The SMILES string of the molecule is CCNC(c1ccc(OC)cc1)c1csc2ccccc12. The summed E-state index contributed by atoms with van der Waals surface area (Å²) in [4.78, 5) is 0. The highest BCUT2D eigenvalue weighted by Crippen LogP contribution is 2.33. The van der Waals surface area contributed by atoms with Crippen molar-refractivity contribution in [3.05, 3.63) is 65.0 Å². The van der Waals surface area contributed by atoms with Gasteiger partial charge in [-0.2, -0.15) is 0 Å². The van der Waals surface area contributed by atoms with Crippen LogP contribution in [0.1, 0.15) is 24.1 Å². The molecule has 0 bridgehead atoms. The molecule has 0 aliphatic carbocycles. The molecule has 1 atom stereocenters. The van der Waals surface area contributed by atoms with Gasteiger partial charge in [0.05, 0.1) is 13.2 Å². The van der Waals surface area contributed by atoms with Gasteiger partial charge in [0.1, 0.15) is 5.75 Å². The molecule has 108 valence electrons. The molecule has 1 unspecified atom stereocenters. The van der Waals surface area contributed by atoms with E-state index >= 15 is 0 Å². The summed E-state index contributed by atoms with van der Waals surface area (Å²) >= 11 is 1.81. The van der Waals surface area contributed by atoms with Gasteiger partial charge in [0.25, 0.3) is 0 Å². The first-order valence-corrected chi connectivity index (χ1v) is 8.05. The van der Waals surface area contributed by atoms with Crippen molar-refractivity contribution in [2.45, 2.75) is 13.0 Å². The van der Waals surface area contributed by atoms with E-state index in [0.717, 1.165) is 12.3 Å². The predicted molar refractivity (Wildman–Crippen MR) is 90.3 cm³/mol. The molecule has 0 aliphatic rings. The van der Waals surface area contributed by atoms with Crippen molar-refractivity contribution < 1.29 is 4.74 Å². The number of ether oxygens (including phenoxy) is 1. The molecule has 0 fully saturated rings. The number of methoxy groups -OCH3 is 1. The lowest BCUT2D eigenvalue weighted by atomic mass is 9.98. The molecule has 0 amide bonds. The molecule has 2 aromatic carbocycles. The first-order chi connectivity index (χ1) is 10.3. The van der Waals surface area contributed by atoms with Crippen LogP contribution in [0.15, 0.2) is 53.9 Å². The molecule has 2 nitrogen and oxygen atoms in total. The zero-order chi connectivity index (χ0) is 14.7. The van der Waals surface area contributed by atoms with E-state index in [9.17, 15) is 0 Å². The summed E-state index contributed by atoms with van der Waals surface area (Å²) in [5, 5.41) is 7.20. The van der Waals surface area contributed by atoms with Gasteiger partial charge in [-0.15, -0.1) is 11.3 Å². The van der Waals surface area contributed by atoms with Gasteiger partial charge >= 0.3 is 0 Å². The zero-order valence-corrected chi connectivity index (χ0v) is 13.1. The number of nitrogens with one attached hydrogen (secondary N) is 1. The van der Waals surface area contributed by atoms with Crippen molar-refractivity contribution in [2.24, 2.45) is 0 Å². The van der Waals surface area contributed by atoms with Crippen LogP contribution in [0.25, 0.3) is 10.1 Å². The Kier molecular flexibility index (Phi) is 4.23. The van der Waals surface area contributed by atoms with Gasteiger partial charge in [-0.3, -0.25) is 0 Å². The van der Waals surface area contributed by atoms with Crippen LogP contribution in [0.5, 0.6) is 5.75 Å². The molecular formula is C18H19NOS. The topological polar surface area (TPSA) is 21.3 Å². The monoisotopic (exact) mass is 297 g/mol. The predicted octanol–water partition coefficient (Wildman–Crippen LogP) is 4.61. The van der Waals surface area contributed by atoms with Crippen molar-refractivity contribution >= 4 is 21.4 Å². The van der Waals surface area contributed by atoms with E-state index in [4.69, 9.17) is 4.74 Å². The average Bonchev–Trinajstić information content (AvgIpc) is 2.97. The first-order valence-electron chi connectivity index (χ1n) is 7.17. The largest absolute Gasteiger partial charge is 0.497 e. The van der Waals surface area contributed by atoms with Gasteiger partial charge in [-0.25, -0.2) is 0 Å². The molecule has 1 N–H and O–H groups in total. The van der Waals surface area contributed by atoms with Gasteiger partial charge < -0.3 is 10.1 Å². The number of fused-ring (bicyclic) bond motifs is 1. The number of hydrogen-bond acceptors (Lipinski definition) is 3. The minimum absolute atomic E-state index is 0.219. The molecule has 3 rings (SSSR count). The first kappa shape index (κ1) is 14.1. The molecule has 3 heteroatoms. The Morgan fingerprint density at radius 1 is 1.10 bits per heavy atom. The van der Waals surface area contributed by atoms with Gasteiger partial charge in [0, 0.05) is 4.70 Å². The Balaban J connectivity index is 2.04. The third-order valence-corrected chi connectivity index (χ3v) is 4.66. The zero-order valence-electron chi connectivity index (χ0n) is 12.3. The van der Waals surface area contributed by atoms with E-state index in [1.54, 1.807) is 18.4 Å². The molecule has 0 aliphatic heterocycles. The Morgan fingerprint density at radius 2 is 1.86 bits per heavy atom. The van der Waals surface area contributed by atoms with Crippen LogP contribution in [0, 0.1) is 0 Å². The van der Waals surface area contributed by atoms with Crippen LogP contribution < -0.4 is 10.1 Å². The normalized spacial score (nSPS) is 12.5. The second kappa shape index (κ2) is 6.29. The second-order valence-electron chi connectivity index (χ2n) is 4.95. The van der Waals surface area contributed by atoms with Gasteiger partial charge in [0.15, 0.2) is 0 Å². The Hall–Kier alpha value is -1.84. The van der Waals surface area contributed by atoms with E-state index in [-0.39, 0.29) is 6.04 Å². The van der Waals surface area contributed by atoms with E-state index in [0.29, 0.717) is 0 Å². The van der Waals surface area contributed by atoms with Crippen LogP contribution >= 0.6 is 11.3 Å². The number of benzene rings is 2. The van der Waals surface area contributed by atoms with Gasteiger partial charge in [0.2, 0.25) is 0 Å². The highest BCUT2D eigenvalue weighted by molar-refractivity contribution is 7.17. The minimum Gasteiger partial charge on any atom is -0.497 e. The molecule has 1 aromatic heterocycles. The summed E-state index contributed by atoms with van der Waals surface area (Å²) < 4.78 is 6.59. The molecular weight excluding hydrogens is 278 g/mol. The number of hydrogen-bond donors (Lipinski definition) is 1. The smallest absolute Gasteiger partial charge is 0.118 e. The maximum Gasteiger partial charge on any atom is 0.118 e. The van der Waals surface area contributed by atoms with Crippen LogP contribution in [0.3, 0.4) is 0 Å². The third kappa shape index (κ3) is 2.80. The van der Waals surface area contributed by atoms with E-state index < -0.39 is 0 Å². The quantitative estimate of drug-likeness (QED) is 0.742. The molecule has 1 heterocycles. The highest BCUT2D eigenvalue weighted by Gasteiger charge is 2.17. The summed E-state index contributed by atoms with van der Waals surface area (Å²) in [5.41, 5.74) is 2.61. The fraction of sp³-hybridized carbons (Fsp3) is 0.222. The number of thiophene rings is 1. The van der Waals surface area contributed by atoms with Crippen LogP contribution in [0.4, 0.5) is 0 Å². The fourth-order valence-corrected chi connectivity index (χ4v) is 3.62. The summed E-state index contributed by atoms with van der Waals surface area (Å²) in [5.74, 6) is 0.893. The maximum absolute atomic E-state index is 5.25. The second-order valence-corrected chi connectivity index (χ2v) is 5.86. The van der Waals surface area contributed by atoms with Crippen molar-refractivity contribution in [1.82, 2.24) is 5.32 Å². The summed E-state index contributed by atoms with van der Waals surface area (Å²) in [6.45, 7) is 3.08. The molecule has 0 saturated heterocycles. The van der Waals surface area contributed by atoms with Crippen molar-refractivity contribution in [3.8, 4) is 5.75 Å². The molecule has 3 aromatic rings. The summed E-state index contributed by atoms with van der Waals surface area (Å²) in [6, 6.07) is 17.1. The van der Waals surface area contributed by atoms with E-state index in [1.807, 2.05) is 12.1 Å². The van der Waals surface area contributed by atoms with E-state index in [1.165, 1.54) is 21.2 Å². The van der Waals surface area contributed by atoms with Crippen molar-refractivity contribution in [1.29, 1.82) is 0 Å². The molecule has 0 spiro atoms. The summed E-state index contributed by atoms with van der Waals surface area (Å²) in [7, 11) is 1.70. The standard InChI is InChI=1S/C18H19NOS/c1-3-19-18(13-8-10-14(20-2)11-9-13)16-12-21-17-7-5-4-6-15(16)17/h4-12,18-19H,3H2,1-2H3. The van der Waals surface area contributed by atoms with Crippen molar-refractivity contribution in [3.63, 3.8) is 0 Å². The third-order valence-electron chi connectivity index (χ3n) is 3.68. The fourth-order valence-electron chi connectivity index (χ4n) is 2.63. The number of rotatable bonds is 5. The van der Waals surface area contributed by atoms with Crippen LogP contribution in [-0.2, 0) is 0 Å². The Labute approximate surface area is 129 Å². The lowest BCUT2D eigenvalue weighted by Gasteiger charge is -2.18. The Bertz CT molecular complexity index is 717. The van der Waals surface area contributed by atoms with Crippen LogP contribution in [0.2, 0.25) is 0 Å². The van der Waals surface area contributed by atoms with Crippen LogP contribution in [-0.4, -0.2) is 13.7 Å². The van der Waals surface area contributed by atoms with Gasteiger partial charge in [-0.1, -0.05) is 37.3 Å². The molecule has 0 saturated carbocycles. The van der Waals surface area contributed by atoms with E-state index in [2.05, 4.69) is 54.0 Å². The highest BCUT2D eigenvalue weighted by atomic mass is 32.1. The van der Waals surface area contributed by atoms with Crippen molar-refractivity contribution in [2.75, 3.05) is 13.7 Å². The molecule has 0 radical (unpaired) electrons. The lowest BCUT2D eigenvalue weighted by molar-refractivity contribution is 0.414.